The molecule has 2 heterocycles. The van der Waals surface area contributed by atoms with Gasteiger partial charge in [-0.15, -0.1) is 11.3 Å². The summed E-state index contributed by atoms with van der Waals surface area (Å²) in [7, 11) is 0. The summed E-state index contributed by atoms with van der Waals surface area (Å²) in [5, 5.41) is 9.24. The second-order valence-electron chi connectivity index (χ2n) is 6.74. The number of fused-ring (bicyclic) bond motifs is 1. The molecule has 5 heteroatoms. The molecule has 0 saturated carbocycles. The molecule has 2 aromatic heterocycles. The van der Waals surface area contributed by atoms with Gasteiger partial charge >= 0.3 is 6.03 Å². The second-order valence-corrected chi connectivity index (χ2v) is 7.69. The van der Waals surface area contributed by atoms with Gasteiger partial charge in [-0.2, -0.15) is 0 Å². The van der Waals surface area contributed by atoms with Crippen molar-refractivity contribution in [1.82, 2.24) is 9.88 Å². The molecule has 0 atom stereocenters. The number of benzene rings is 2. The van der Waals surface area contributed by atoms with Crippen LogP contribution in [0.25, 0.3) is 21.5 Å². The number of para-hydroxylation sites is 1. The highest BCUT2D eigenvalue weighted by molar-refractivity contribution is 7.13. The van der Waals surface area contributed by atoms with Crippen LogP contribution in [0.15, 0.2) is 66.0 Å². The van der Waals surface area contributed by atoms with Gasteiger partial charge in [-0.1, -0.05) is 36.4 Å². The Balaban J connectivity index is 1.64. The maximum Gasteiger partial charge on any atom is 0.319 e. The first-order valence-electron chi connectivity index (χ1n) is 9.43. The highest BCUT2D eigenvalue weighted by Gasteiger charge is 2.18. The van der Waals surface area contributed by atoms with Crippen LogP contribution in [0.4, 0.5) is 10.5 Å². The van der Waals surface area contributed by atoms with Gasteiger partial charge < -0.3 is 15.2 Å². The summed E-state index contributed by atoms with van der Waals surface area (Å²) in [5.41, 5.74) is 5.45. The highest BCUT2D eigenvalue weighted by atomic mass is 32.1. The Bertz CT molecular complexity index is 1110. The predicted molar refractivity (Wildman–Crippen MR) is 118 cm³/mol. The number of hydrogen-bond donors (Lipinski definition) is 2. The van der Waals surface area contributed by atoms with Gasteiger partial charge in [0.15, 0.2) is 0 Å². The summed E-state index contributed by atoms with van der Waals surface area (Å²) >= 11 is 1.72. The standard InChI is InChI=1S/C23H23N3OS/c1-3-26-20-11-5-4-10-18(20)19(22(26)21-12-7-13-28-21)15-24-23(27)25-17-9-6-8-16(2)14-17/h4-14H,3,15H2,1-2H3,(H2,24,25,27). The number of aryl methyl sites for hydroxylation is 2. The van der Waals surface area contributed by atoms with E-state index in [1.807, 2.05) is 31.2 Å². The van der Waals surface area contributed by atoms with Crippen molar-refractivity contribution in [2.24, 2.45) is 0 Å². The molecule has 0 bridgehead atoms. The molecule has 0 unspecified atom stereocenters. The molecule has 0 aliphatic carbocycles. The molecule has 4 aromatic rings. The van der Waals surface area contributed by atoms with E-state index >= 15 is 0 Å². The highest BCUT2D eigenvalue weighted by Crippen LogP contribution is 2.36. The van der Waals surface area contributed by atoms with E-state index in [9.17, 15) is 4.79 Å². The fourth-order valence-corrected chi connectivity index (χ4v) is 4.45. The topological polar surface area (TPSA) is 46.1 Å². The van der Waals surface area contributed by atoms with E-state index in [1.54, 1.807) is 11.3 Å². The number of rotatable bonds is 5. The third kappa shape index (κ3) is 3.53. The van der Waals surface area contributed by atoms with E-state index in [1.165, 1.54) is 21.5 Å². The van der Waals surface area contributed by atoms with Gasteiger partial charge in [0.05, 0.1) is 10.6 Å². The lowest BCUT2D eigenvalue weighted by molar-refractivity contribution is 0.252. The number of aromatic nitrogens is 1. The smallest absolute Gasteiger partial charge is 0.319 e. The molecular formula is C23H23N3OS. The summed E-state index contributed by atoms with van der Waals surface area (Å²) in [6.07, 6.45) is 0. The first kappa shape index (κ1) is 18.3. The summed E-state index contributed by atoms with van der Waals surface area (Å²) in [4.78, 5) is 13.7. The van der Waals surface area contributed by atoms with Crippen LogP contribution < -0.4 is 10.6 Å². The number of carbonyl (C=O) groups is 1. The largest absolute Gasteiger partial charge is 0.340 e. The maximum absolute atomic E-state index is 12.5. The average molecular weight is 390 g/mol. The quantitative estimate of drug-likeness (QED) is 0.431. The van der Waals surface area contributed by atoms with Crippen molar-refractivity contribution < 1.29 is 4.79 Å². The van der Waals surface area contributed by atoms with Crippen LogP contribution in [0.3, 0.4) is 0 Å². The van der Waals surface area contributed by atoms with Crippen LogP contribution in [0.5, 0.6) is 0 Å². The van der Waals surface area contributed by atoms with Gasteiger partial charge in [-0.25, -0.2) is 4.79 Å². The molecule has 0 fully saturated rings. The molecule has 0 saturated heterocycles. The van der Waals surface area contributed by atoms with Gasteiger partial charge in [0, 0.05) is 35.2 Å². The second kappa shape index (κ2) is 7.90. The first-order valence-corrected chi connectivity index (χ1v) is 10.3. The maximum atomic E-state index is 12.5. The Kier molecular flexibility index (Phi) is 5.17. The van der Waals surface area contributed by atoms with Crippen LogP contribution in [0.1, 0.15) is 18.1 Å². The molecule has 28 heavy (non-hydrogen) atoms. The molecule has 2 N–H and O–H groups in total. The fourth-order valence-electron chi connectivity index (χ4n) is 3.64. The number of urea groups is 1. The number of thiophene rings is 1. The molecule has 4 nitrogen and oxygen atoms in total. The summed E-state index contributed by atoms with van der Waals surface area (Å²) < 4.78 is 2.33. The van der Waals surface area contributed by atoms with Gasteiger partial charge in [0.1, 0.15) is 0 Å². The Morgan fingerprint density at radius 2 is 1.93 bits per heavy atom. The lowest BCUT2D eigenvalue weighted by atomic mass is 10.1. The van der Waals surface area contributed by atoms with Gasteiger partial charge in [-0.05, 0) is 49.1 Å². The van der Waals surface area contributed by atoms with Crippen molar-refractivity contribution >= 4 is 34.0 Å². The Morgan fingerprint density at radius 1 is 1.07 bits per heavy atom. The fraction of sp³-hybridized carbons (Fsp3) is 0.174. The molecule has 4 rings (SSSR count). The summed E-state index contributed by atoms with van der Waals surface area (Å²) in [6.45, 7) is 5.52. The van der Waals surface area contributed by atoms with Crippen molar-refractivity contribution in [1.29, 1.82) is 0 Å². The van der Waals surface area contributed by atoms with E-state index in [2.05, 4.69) is 63.9 Å². The van der Waals surface area contributed by atoms with Crippen molar-refractivity contribution in [2.45, 2.75) is 26.9 Å². The minimum atomic E-state index is -0.198. The lowest BCUT2D eigenvalue weighted by Gasteiger charge is -2.11. The summed E-state index contributed by atoms with van der Waals surface area (Å²) in [5.74, 6) is 0. The summed E-state index contributed by atoms with van der Waals surface area (Å²) in [6, 6.07) is 20.2. The number of anilines is 1. The zero-order valence-electron chi connectivity index (χ0n) is 16.0. The van der Waals surface area contributed by atoms with Crippen molar-refractivity contribution in [3.8, 4) is 10.6 Å². The predicted octanol–water partition coefficient (Wildman–Crippen LogP) is 6.02. The average Bonchev–Trinajstić information content (AvgIpc) is 3.32. The Hall–Kier alpha value is -3.05. The van der Waals surface area contributed by atoms with Crippen LogP contribution in [0.2, 0.25) is 0 Å². The molecule has 142 valence electrons. The molecule has 0 aliphatic heterocycles. The van der Waals surface area contributed by atoms with Gasteiger partial charge in [0.2, 0.25) is 0 Å². The van der Waals surface area contributed by atoms with Gasteiger partial charge in [-0.3, -0.25) is 0 Å². The van der Waals surface area contributed by atoms with E-state index in [4.69, 9.17) is 0 Å². The van der Waals surface area contributed by atoms with Crippen molar-refractivity contribution in [3.63, 3.8) is 0 Å². The van der Waals surface area contributed by atoms with Crippen LogP contribution in [-0.4, -0.2) is 10.6 Å². The Morgan fingerprint density at radius 3 is 2.68 bits per heavy atom. The zero-order chi connectivity index (χ0) is 19.5. The number of hydrogen-bond acceptors (Lipinski definition) is 2. The van der Waals surface area contributed by atoms with Gasteiger partial charge in [0.25, 0.3) is 0 Å². The molecule has 2 aromatic carbocycles. The number of nitrogens with zero attached hydrogens (tertiary/aromatic N) is 1. The van der Waals surface area contributed by atoms with Crippen molar-refractivity contribution in [3.05, 3.63) is 77.2 Å². The molecule has 0 radical (unpaired) electrons. The third-order valence-electron chi connectivity index (χ3n) is 4.85. The lowest BCUT2D eigenvalue weighted by Crippen LogP contribution is -2.28. The van der Waals surface area contributed by atoms with E-state index in [0.29, 0.717) is 6.54 Å². The normalized spacial score (nSPS) is 10.9. The van der Waals surface area contributed by atoms with Crippen LogP contribution in [-0.2, 0) is 13.1 Å². The van der Waals surface area contributed by atoms with Crippen LogP contribution >= 0.6 is 11.3 Å². The SMILES string of the molecule is CCn1c(-c2cccs2)c(CNC(=O)Nc2cccc(C)c2)c2ccccc21. The minimum absolute atomic E-state index is 0.198. The van der Waals surface area contributed by atoms with Crippen LogP contribution in [0, 0.1) is 6.92 Å². The first-order chi connectivity index (χ1) is 13.7. The third-order valence-corrected chi connectivity index (χ3v) is 5.72. The molecule has 0 aliphatic rings. The van der Waals surface area contributed by atoms with E-state index < -0.39 is 0 Å². The zero-order valence-corrected chi connectivity index (χ0v) is 16.8. The number of amides is 2. The van der Waals surface area contributed by atoms with Crippen molar-refractivity contribution in [2.75, 3.05) is 5.32 Å². The Labute approximate surface area is 168 Å². The number of nitrogens with one attached hydrogen (secondary N) is 2. The molecule has 0 spiro atoms. The number of carbonyl (C=O) groups excluding carboxylic acids is 1. The monoisotopic (exact) mass is 389 g/mol. The van der Waals surface area contributed by atoms with E-state index in [0.717, 1.165) is 23.4 Å². The van der Waals surface area contributed by atoms with E-state index in [-0.39, 0.29) is 6.03 Å². The molecular weight excluding hydrogens is 366 g/mol. The molecule has 2 amide bonds. The minimum Gasteiger partial charge on any atom is -0.340 e.